The first kappa shape index (κ1) is 33.1. The fraction of sp³-hybridized carbons (Fsp3) is 0.514. The van der Waals surface area contributed by atoms with Crippen molar-refractivity contribution in [2.24, 2.45) is 5.92 Å². The highest BCUT2D eigenvalue weighted by molar-refractivity contribution is 7.91. The molecule has 0 radical (unpaired) electrons. The summed E-state index contributed by atoms with van der Waals surface area (Å²) in [7, 11) is -3.86. The van der Waals surface area contributed by atoms with Crippen LogP contribution in [0.25, 0.3) is 21.7 Å². The minimum atomic E-state index is -3.86. The van der Waals surface area contributed by atoms with Crippen LogP contribution in [0.2, 0.25) is 0 Å². The lowest BCUT2D eigenvalue weighted by atomic mass is 10.0. The van der Waals surface area contributed by atoms with E-state index in [0.29, 0.717) is 38.0 Å². The van der Waals surface area contributed by atoms with Gasteiger partial charge in [-0.3, -0.25) is 19.1 Å². The molecule has 49 heavy (non-hydrogen) atoms. The first-order chi connectivity index (χ1) is 23.6. The number of hydrogen-bond acceptors (Lipinski definition) is 8. The van der Waals surface area contributed by atoms with E-state index in [-0.39, 0.29) is 25.3 Å². The monoisotopic (exact) mass is 691 g/mol. The molecule has 4 fully saturated rings. The average Bonchev–Trinajstić information content (AvgIpc) is 4.00. The van der Waals surface area contributed by atoms with Crippen LogP contribution in [-0.2, 0) is 24.4 Å². The lowest BCUT2D eigenvalue weighted by molar-refractivity contribution is -0.141. The Balaban J connectivity index is 1.20. The van der Waals surface area contributed by atoms with Crippen molar-refractivity contribution in [1.29, 1.82) is 0 Å². The van der Waals surface area contributed by atoms with E-state index in [1.165, 1.54) is 4.90 Å². The molecule has 2 aliphatic heterocycles. The largest absolute Gasteiger partial charge is 0.472 e. The molecule has 13 nitrogen and oxygen atoms in total. The van der Waals surface area contributed by atoms with Gasteiger partial charge < -0.3 is 25.4 Å². The van der Waals surface area contributed by atoms with Crippen molar-refractivity contribution >= 4 is 55.5 Å². The van der Waals surface area contributed by atoms with Gasteiger partial charge in [-0.15, -0.1) is 0 Å². The van der Waals surface area contributed by atoms with Gasteiger partial charge in [-0.25, -0.2) is 18.2 Å². The van der Waals surface area contributed by atoms with Crippen molar-refractivity contribution < 1.29 is 37.4 Å². The third-order valence-electron chi connectivity index (χ3n) is 10.4. The number of carbonyl (C=O) groups excluding carboxylic acids is 3. The molecule has 2 aliphatic carbocycles. The topological polar surface area (TPSA) is 184 Å². The number of carboxylic acid groups (broad SMARTS) is 1. The molecule has 1 aromatic heterocycles. The van der Waals surface area contributed by atoms with E-state index in [2.05, 4.69) is 15.4 Å². The standard InChI is InChI=1S/C35H41N5O8S/c41-30-29-18-22(48-31-26-13-7-6-11-24(26)25-12-8-9-14-27(25)36-31)20-40(29)32(42)28(37-34(44)45)15-5-3-1-2-4-10-21-19-35(21,38-30)33(43)39-49(46,47)23-16-17-23/h6-9,11-14,21-23,28-29,37H,1-5,10,15-20H2,(H,38,41)(H,39,43)(H,44,45)/t21-,22-,28+,29+,35-/m1/s1. The lowest BCUT2D eigenvalue weighted by Gasteiger charge is -2.29. The molecule has 3 heterocycles. The summed E-state index contributed by atoms with van der Waals surface area (Å²) in [4.78, 5) is 59.8. The van der Waals surface area contributed by atoms with Crippen molar-refractivity contribution in [2.75, 3.05) is 6.54 Å². The zero-order chi connectivity index (χ0) is 34.3. The third kappa shape index (κ3) is 6.75. The summed E-state index contributed by atoms with van der Waals surface area (Å²) >= 11 is 0. The fourth-order valence-electron chi connectivity index (χ4n) is 7.52. The molecule has 260 valence electrons. The molecule has 2 saturated heterocycles. The molecule has 5 atom stereocenters. The zero-order valence-corrected chi connectivity index (χ0v) is 27.9. The number of nitrogens with zero attached hydrogens (tertiary/aromatic N) is 2. The first-order valence-electron chi connectivity index (χ1n) is 17.2. The van der Waals surface area contributed by atoms with Gasteiger partial charge in [0.1, 0.15) is 23.7 Å². The number of carbonyl (C=O) groups is 4. The molecule has 0 spiro atoms. The average molecular weight is 692 g/mol. The first-order valence-corrected chi connectivity index (χ1v) is 18.7. The molecule has 2 aromatic carbocycles. The van der Waals surface area contributed by atoms with E-state index >= 15 is 0 Å². The van der Waals surface area contributed by atoms with Crippen LogP contribution in [0.4, 0.5) is 4.79 Å². The van der Waals surface area contributed by atoms with E-state index < -0.39 is 62.8 Å². The van der Waals surface area contributed by atoms with E-state index in [1.54, 1.807) is 0 Å². The summed E-state index contributed by atoms with van der Waals surface area (Å²) < 4.78 is 34.2. The Morgan fingerprint density at radius 2 is 1.59 bits per heavy atom. The van der Waals surface area contributed by atoms with Gasteiger partial charge >= 0.3 is 6.09 Å². The van der Waals surface area contributed by atoms with Crippen molar-refractivity contribution in [1.82, 2.24) is 25.2 Å². The molecule has 4 amide bonds. The van der Waals surface area contributed by atoms with Gasteiger partial charge in [-0.1, -0.05) is 68.5 Å². The molecule has 2 saturated carbocycles. The Hall–Kier alpha value is -4.46. The van der Waals surface area contributed by atoms with Crippen LogP contribution in [0.1, 0.15) is 70.6 Å². The Morgan fingerprint density at radius 1 is 0.918 bits per heavy atom. The molecular weight excluding hydrogens is 650 g/mol. The molecule has 7 rings (SSSR count). The van der Waals surface area contributed by atoms with Gasteiger partial charge in [-0.05, 0) is 55.5 Å². The van der Waals surface area contributed by atoms with Crippen molar-refractivity contribution in [3.8, 4) is 5.88 Å². The number of benzene rings is 2. The molecule has 0 unspecified atom stereocenters. The second-order valence-electron chi connectivity index (χ2n) is 13.8. The number of ether oxygens (including phenoxy) is 1. The number of para-hydroxylation sites is 1. The van der Waals surface area contributed by atoms with Gasteiger partial charge in [-0.2, -0.15) is 0 Å². The summed E-state index contributed by atoms with van der Waals surface area (Å²) in [5, 5.41) is 16.9. The lowest BCUT2D eigenvalue weighted by Crippen LogP contribution is -2.58. The van der Waals surface area contributed by atoms with E-state index in [0.717, 1.165) is 47.4 Å². The number of sulfonamides is 1. The highest BCUT2D eigenvalue weighted by atomic mass is 32.2. The second kappa shape index (κ2) is 13.1. The number of aromatic nitrogens is 1. The van der Waals surface area contributed by atoms with Crippen LogP contribution in [0.3, 0.4) is 0 Å². The number of amides is 4. The number of fused-ring (bicyclic) bond motifs is 5. The number of pyridine rings is 1. The smallest absolute Gasteiger partial charge is 0.405 e. The van der Waals surface area contributed by atoms with E-state index in [9.17, 15) is 32.7 Å². The van der Waals surface area contributed by atoms with Gasteiger partial charge in [0.05, 0.1) is 17.3 Å². The summed E-state index contributed by atoms with van der Waals surface area (Å²) in [5.74, 6) is -1.81. The van der Waals surface area contributed by atoms with Crippen molar-refractivity contribution in [3.05, 3.63) is 48.5 Å². The highest BCUT2D eigenvalue weighted by Gasteiger charge is 2.62. The summed E-state index contributed by atoms with van der Waals surface area (Å²) in [6.45, 7) is -0.0176. The maximum atomic E-state index is 14.2. The molecular formula is C35H41N5O8S. The SMILES string of the molecule is O=C(O)N[C@H]1CCCCCCC[C@@H]2C[C@@]2(C(=O)NS(=O)(=O)C2CC2)NC(=O)[C@@H]2C[C@@H](Oc3nc4ccccc4c4ccccc34)CN2C1=O. The minimum Gasteiger partial charge on any atom is -0.472 e. The zero-order valence-electron chi connectivity index (χ0n) is 27.1. The Bertz CT molecular complexity index is 1920. The maximum absolute atomic E-state index is 14.2. The Kier molecular flexibility index (Phi) is 8.84. The Morgan fingerprint density at radius 3 is 2.33 bits per heavy atom. The second-order valence-corrected chi connectivity index (χ2v) is 15.8. The minimum absolute atomic E-state index is 0.0176. The number of nitrogens with one attached hydrogen (secondary N) is 3. The molecule has 4 N–H and O–H groups in total. The van der Waals surface area contributed by atoms with Gasteiger partial charge in [0.2, 0.25) is 27.7 Å². The normalized spacial score (nSPS) is 28.0. The number of hydrogen-bond donors (Lipinski definition) is 4. The van der Waals surface area contributed by atoms with E-state index in [4.69, 9.17) is 9.72 Å². The van der Waals surface area contributed by atoms with E-state index in [1.807, 2.05) is 48.5 Å². The number of rotatable bonds is 6. The van der Waals surface area contributed by atoms with Crippen LogP contribution in [0, 0.1) is 5.92 Å². The molecule has 0 bridgehead atoms. The predicted octanol–water partition coefficient (Wildman–Crippen LogP) is 3.60. The molecule has 4 aliphatic rings. The van der Waals surface area contributed by atoms with Gasteiger partial charge in [0.15, 0.2) is 0 Å². The molecule has 14 heteroatoms. The van der Waals surface area contributed by atoms with Gasteiger partial charge in [0, 0.05) is 17.2 Å². The van der Waals surface area contributed by atoms with Gasteiger partial charge in [0.25, 0.3) is 5.91 Å². The highest BCUT2D eigenvalue weighted by Crippen LogP contribution is 2.48. The van der Waals surface area contributed by atoms with Crippen LogP contribution in [0.15, 0.2) is 48.5 Å². The van der Waals surface area contributed by atoms with Crippen LogP contribution in [0.5, 0.6) is 5.88 Å². The third-order valence-corrected chi connectivity index (χ3v) is 12.2. The Labute approximate surface area is 284 Å². The summed E-state index contributed by atoms with van der Waals surface area (Å²) in [6, 6.07) is 13.2. The fourth-order valence-corrected chi connectivity index (χ4v) is 8.89. The summed E-state index contributed by atoms with van der Waals surface area (Å²) in [5.41, 5.74) is -0.695. The molecule has 3 aromatic rings. The maximum Gasteiger partial charge on any atom is 0.405 e. The van der Waals surface area contributed by atoms with Crippen LogP contribution in [-0.4, -0.2) is 82.7 Å². The summed E-state index contributed by atoms with van der Waals surface area (Å²) in [6.07, 6.45) is 4.11. The van der Waals surface area contributed by atoms with Crippen LogP contribution < -0.4 is 20.1 Å². The van der Waals surface area contributed by atoms with Crippen molar-refractivity contribution in [2.45, 2.75) is 99.6 Å². The quantitative estimate of drug-likeness (QED) is 0.281. The van der Waals surface area contributed by atoms with Crippen molar-refractivity contribution in [3.63, 3.8) is 0 Å². The predicted molar refractivity (Wildman–Crippen MR) is 180 cm³/mol. The van der Waals surface area contributed by atoms with Crippen LogP contribution >= 0.6 is 0 Å².